The van der Waals surface area contributed by atoms with Crippen molar-refractivity contribution in [1.82, 2.24) is 9.55 Å². The van der Waals surface area contributed by atoms with Crippen molar-refractivity contribution in [1.29, 1.82) is 0 Å². The van der Waals surface area contributed by atoms with Crippen LogP contribution >= 0.6 is 0 Å². The first-order chi connectivity index (χ1) is 11.6. The molecule has 2 aromatic heterocycles. The third-order valence-electron chi connectivity index (χ3n) is 4.15. The van der Waals surface area contributed by atoms with Gasteiger partial charge in [0.25, 0.3) is 0 Å². The Labute approximate surface area is 137 Å². The topological polar surface area (TPSA) is 80.9 Å². The highest BCUT2D eigenvalue weighted by molar-refractivity contribution is 6.12. The van der Waals surface area contributed by atoms with Gasteiger partial charge in [0.15, 0.2) is 0 Å². The summed E-state index contributed by atoms with van der Waals surface area (Å²) >= 11 is 0. The number of hydrogen-bond donors (Lipinski definition) is 2. The number of H-pyrrole nitrogens is 1. The molecular weight excluding hydrogens is 302 g/mol. The van der Waals surface area contributed by atoms with Crippen LogP contribution in [0.1, 0.15) is 0 Å². The molecule has 3 N–H and O–H groups in total. The first-order valence-electron chi connectivity index (χ1n) is 7.63. The van der Waals surface area contributed by atoms with Crippen molar-refractivity contribution in [3.8, 4) is 11.3 Å². The van der Waals surface area contributed by atoms with Gasteiger partial charge in [-0.2, -0.15) is 0 Å². The molecule has 5 nitrogen and oxygen atoms in total. The largest absolute Gasteiger partial charge is 0.368 e. The van der Waals surface area contributed by atoms with Gasteiger partial charge in [0.05, 0.1) is 11.2 Å². The summed E-state index contributed by atoms with van der Waals surface area (Å²) in [5.41, 5.74) is 8.53. The first kappa shape index (κ1) is 14.3. The van der Waals surface area contributed by atoms with Crippen LogP contribution in [0.15, 0.2) is 65.5 Å². The van der Waals surface area contributed by atoms with Gasteiger partial charge in [-0.15, -0.1) is 0 Å². The van der Waals surface area contributed by atoms with Crippen LogP contribution in [0, 0.1) is 0 Å². The molecule has 0 unspecified atom stereocenters. The molecule has 0 saturated heterocycles. The zero-order valence-corrected chi connectivity index (χ0v) is 12.8. The lowest BCUT2D eigenvalue weighted by Gasteiger charge is -2.09. The number of nitrogens with one attached hydrogen (secondary N) is 1. The molecule has 0 fully saturated rings. The van der Waals surface area contributed by atoms with Crippen LogP contribution in [-0.2, 0) is 11.3 Å². The van der Waals surface area contributed by atoms with E-state index in [0.29, 0.717) is 5.69 Å². The minimum Gasteiger partial charge on any atom is -0.368 e. The maximum atomic E-state index is 12.2. The summed E-state index contributed by atoms with van der Waals surface area (Å²) in [6.07, 6.45) is 0. The minimum absolute atomic E-state index is 0.0515. The van der Waals surface area contributed by atoms with Crippen molar-refractivity contribution in [2.24, 2.45) is 5.73 Å². The Morgan fingerprint density at radius 1 is 1.00 bits per heavy atom. The van der Waals surface area contributed by atoms with E-state index in [4.69, 9.17) is 5.73 Å². The Balaban J connectivity index is 2.21. The van der Waals surface area contributed by atoms with E-state index in [-0.39, 0.29) is 12.1 Å². The van der Waals surface area contributed by atoms with Crippen molar-refractivity contribution < 1.29 is 4.79 Å². The second-order valence-corrected chi connectivity index (χ2v) is 5.71. The second-order valence-electron chi connectivity index (χ2n) is 5.71. The van der Waals surface area contributed by atoms with Gasteiger partial charge in [-0.3, -0.25) is 9.59 Å². The molecule has 2 aromatic carbocycles. The fourth-order valence-electron chi connectivity index (χ4n) is 3.23. The normalized spacial score (nSPS) is 11.2. The van der Waals surface area contributed by atoms with Crippen molar-refractivity contribution in [2.45, 2.75) is 6.54 Å². The smallest absolute Gasteiger partial charge is 0.249 e. The van der Waals surface area contributed by atoms with E-state index in [1.165, 1.54) is 0 Å². The zero-order valence-electron chi connectivity index (χ0n) is 12.8. The van der Waals surface area contributed by atoms with Crippen LogP contribution in [0.4, 0.5) is 0 Å². The molecule has 0 aliphatic rings. The third-order valence-corrected chi connectivity index (χ3v) is 4.15. The Hall–Kier alpha value is -3.34. The van der Waals surface area contributed by atoms with Gasteiger partial charge in [-0.05, 0) is 6.07 Å². The number of primary amides is 1. The van der Waals surface area contributed by atoms with Crippen molar-refractivity contribution in [3.63, 3.8) is 0 Å². The summed E-state index contributed by atoms with van der Waals surface area (Å²) < 4.78 is 1.87. The zero-order chi connectivity index (χ0) is 16.7. The lowest BCUT2D eigenvalue weighted by Crippen LogP contribution is -2.19. The van der Waals surface area contributed by atoms with Crippen molar-refractivity contribution in [3.05, 3.63) is 71.0 Å². The quantitative estimate of drug-likeness (QED) is 0.609. The molecule has 1 amide bonds. The average molecular weight is 317 g/mol. The molecule has 0 radical (unpaired) electrons. The Morgan fingerprint density at radius 2 is 1.71 bits per heavy atom. The Morgan fingerprint density at radius 3 is 2.46 bits per heavy atom. The number of benzene rings is 2. The number of amides is 1. The van der Waals surface area contributed by atoms with Gasteiger partial charge in [0.1, 0.15) is 6.54 Å². The van der Waals surface area contributed by atoms with Crippen molar-refractivity contribution >= 4 is 27.7 Å². The number of aromatic amines is 1. The number of fused-ring (bicyclic) bond motifs is 3. The number of aromatic nitrogens is 2. The molecule has 0 saturated carbocycles. The summed E-state index contributed by atoms with van der Waals surface area (Å²) in [6, 6.07) is 18.9. The molecule has 0 spiro atoms. The number of carbonyl (C=O) groups is 1. The number of carbonyl (C=O) groups excluding carboxylic acids is 1. The van der Waals surface area contributed by atoms with E-state index in [0.717, 1.165) is 27.4 Å². The molecule has 2 heterocycles. The number of hydrogen-bond acceptors (Lipinski definition) is 2. The number of pyridine rings is 1. The molecule has 0 bridgehead atoms. The fourth-order valence-corrected chi connectivity index (χ4v) is 3.23. The van der Waals surface area contributed by atoms with Crippen molar-refractivity contribution in [2.75, 3.05) is 0 Å². The lowest BCUT2D eigenvalue weighted by molar-refractivity contribution is -0.118. The number of para-hydroxylation sites is 1. The number of nitrogens with zero attached hydrogens (tertiary/aromatic N) is 1. The molecule has 0 aliphatic carbocycles. The molecule has 5 heteroatoms. The standard InChI is InChI=1S/C19H15N3O2/c20-16(23)11-22-15-9-5-4-8-13(15)14-10-17(24)21-18(19(14)22)12-6-2-1-3-7-12/h1-10H,11H2,(H2,20,23)(H,21,24). The summed E-state index contributed by atoms with van der Waals surface area (Å²) in [5.74, 6) is -0.428. The van der Waals surface area contributed by atoms with E-state index < -0.39 is 5.91 Å². The third kappa shape index (κ3) is 2.18. The van der Waals surface area contributed by atoms with Crippen LogP contribution in [0.5, 0.6) is 0 Å². The Kier molecular flexibility index (Phi) is 3.20. The summed E-state index contributed by atoms with van der Waals surface area (Å²) in [5, 5.41) is 1.74. The van der Waals surface area contributed by atoms with Gasteiger partial charge in [-0.1, -0.05) is 48.5 Å². The van der Waals surface area contributed by atoms with Crippen LogP contribution in [-0.4, -0.2) is 15.5 Å². The number of rotatable bonds is 3. The van der Waals surface area contributed by atoms with E-state index >= 15 is 0 Å². The summed E-state index contributed by atoms with van der Waals surface area (Å²) in [7, 11) is 0. The highest BCUT2D eigenvalue weighted by Crippen LogP contribution is 2.33. The maximum absolute atomic E-state index is 12.2. The summed E-state index contributed by atoms with van der Waals surface area (Å²) in [4.78, 5) is 26.7. The van der Waals surface area contributed by atoms with Gasteiger partial charge < -0.3 is 15.3 Å². The van der Waals surface area contributed by atoms with Crippen LogP contribution in [0.2, 0.25) is 0 Å². The van der Waals surface area contributed by atoms with Gasteiger partial charge >= 0.3 is 0 Å². The highest BCUT2D eigenvalue weighted by Gasteiger charge is 2.17. The molecule has 4 aromatic rings. The van der Waals surface area contributed by atoms with E-state index in [1.807, 2.05) is 59.2 Å². The van der Waals surface area contributed by atoms with Crippen LogP contribution < -0.4 is 11.3 Å². The maximum Gasteiger partial charge on any atom is 0.249 e. The summed E-state index contributed by atoms with van der Waals surface area (Å²) in [6.45, 7) is 0.0515. The average Bonchev–Trinajstić information content (AvgIpc) is 2.89. The molecule has 0 aliphatic heterocycles. The molecule has 4 rings (SSSR count). The number of nitrogens with two attached hydrogens (primary N) is 1. The first-order valence-corrected chi connectivity index (χ1v) is 7.63. The minimum atomic E-state index is -0.428. The lowest BCUT2D eigenvalue weighted by atomic mass is 10.1. The highest BCUT2D eigenvalue weighted by atomic mass is 16.1. The van der Waals surface area contributed by atoms with E-state index in [1.54, 1.807) is 6.07 Å². The molecule has 118 valence electrons. The van der Waals surface area contributed by atoms with Gasteiger partial charge in [0.2, 0.25) is 11.5 Å². The SMILES string of the molecule is NC(=O)Cn1c2ccccc2c2cc(=O)[nH]c(-c3ccccc3)c21. The molecule has 0 atom stereocenters. The second kappa shape index (κ2) is 5.38. The monoisotopic (exact) mass is 317 g/mol. The van der Waals surface area contributed by atoms with E-state index in [9.17, 15) is 9.59 Å². The molecular formula is C19H15N3O2. The fraction of sp³-hybridized carbons (Fsp3) is 0.0526. The van der Waals surface area contributed by atoms with Gasteiger partial charge in [0, 0.05) is 27.9 Å². The van der Waals surface area contributed by atoms with Gasteiger partial charge in [-0.25, -0.2) is 0 Å². The molecule has 24 heavy (non-hydrogen) atoms. The van der Waals surface area contributed by atoms with E-state index in [2.05, 4.69) is 4.98 Å². The predicted molar refractivity (Wildman–Crippen MR) is 94.7 cm³/mol. The van der Waals surface area contributed by atoms with Crippen LogP contribution in [0.25, 0.3) is 33.1 Å². The predicted octanol–water partition coefficient (Wildman–Crippen LogP) is 2.64. The Bertz CT molecular complexity index is 1120. The van der Waals surface area contributed by atoms with Crippen LogP contribution in [0.3, 0.4) is 0 Å².